The number of amides is 15. The molecule has 4 aliphatic carbocycles. The van der Waals surface area contributed by atoms with Gasteiger partial charge in [-0.2, -0.15) is 0 Å². The SMILES string of the molecule is CCCCCC[C@H]1OC(=O)CNC(=O)[C@H]([C@H](C)O)NC(=O)[C@H](CN)NC(=O)[C@H](C2CC3CCC2C3)NC(=O)[C@H](CCC)N(C)C(=O)[C@@H]1C.CCCCCC[C@H]1OC[C@@H](C)NC(=O)[C@H]([C@H](C)OCCCN)NC(=O)[C@H](CN)NC(=O)[C@H](C2CCCCC2)NC(=O)[C@H](CC(C)C)N(C)C(=O)[C@@H]1C.CCCCCC[C@H]1O[C@@H](C)CNC(=O)[C@H]([C@H](C)O)NC(=O)[C@H](CN)NC(=O)[C@H](C2CCCCC2)NC(=O)[C@H](CC(C)C)N(C)C(=O)[C@@H]1C. The van der Waals surface area contributed by atoms with Gasteiger partial charge in [-0.05, 0) is 179 Å². The minimum Gasteiger partial charge on any atom is -0.460 e. The number of hydrogen-bond donors (Lipinski definition) is 18. The molecule has 22 N–H and O–H groups in total. The Hall–Kier alpha value is -8.84. The highest BCUT2D eigenvalue weighted by molar-refractivity contribution is 6.00. The van der Waals surface area contributed by atoms with Gasteiger partial charge in [0, 0.05) is 60.0 Å². The normalized spacial score (nSPS) is 30.9. The highest BCUT2D eigenvalue weighted by Gasteiger charge is 2.50. The number of aliphatic hydroxyl groups is 2. The summed E-state index contributed by atoms with van der Waals surface area (Å²) in [4.78, 5) is 224. The van der Waals surface area contributed by atoms with Crippen molar-refractivity contribution in [2.24, 2.45) is 82.1 Å². The Labute approximate surface area is 880 Å². The number of nitrogens with two attached hydrogens (primary N) is 4. The lowest BCUT2D eigenvalue weighted by atomic mass is 9.82. The van der Waals surface area contributed by atoms with Crippen LogP contribution in [-0.2, 0) is 95.7 Å². The number of esters is 1. The van der Waals surface area contributed by atoms with E-state index in [0.717, 1.165) is 161 Å². The number of hydrogen-bond acceptors (Lipinski definition) is 26. The largest absolute Gasteiger partial charge is 0.460 e. The van der Waals surface area contributed by atoms with Crippen LogP contribution in [0, 0.1) is 59.2 Å². The first-order chi connectivity index (χ1) is 70.3. The lowest BCUT2D eigenvalue weighted by molar-refractivity contribution is -0.158. The lowest BCUT2D eigenvalue weighted by Crippen LogP contribution is -2.63. The summed E-state index contributed by atoms with van der Waals surface area (Å²) in [6.45, 7) is 28.9. The Morgan fingerprint density at radius 2 is 0.791 bits per heavy atom. The van der Waals surface area contributed by atoms with Gasteiger partial charge in [0.2, 0.25) is 88.6 Å². The molecule has 0 aromatic carbocycles. The van der Waals surface area contributed by atoms with E-state index in [1.807, 2.05) is 48.5 Å². The second-order valence-electron chi connectivity index (χ2n) is 43.8. The molecule has 148 heavy (non-hydrogen) atoms. The third-order valence-corrected chi connectivity index (χ3v) is 30.5. The number of likely N-dealkylation sites (N-methyl/N-ethyl adjacent to an activating group) is 3. The summed E-state index contributed by atoms with van der Waals surface area (Å²) in [5, 5.41) is 53.7. The molecule has 41 nitrogen and oxygen atoms in total. The highest BCUT2D eigenvalue weighted by Crippen LogP contribution is 2.50. The molecule has 7 fully saturated rings. The first-order valence-electron chi connectivity index (χ1n) is 55.9. The Morgan fingerprint density at radius 3 is 1.20 bits per heavy atom. The van der Waals surface area contributed by atoms with E-state index in [9.17, 15) is 86.9 Å². The molecule has 0 aromatic rings. The topological polar surface area (TPSA) is 609 Å². The minimum absolute atomic E-state index is 0.0681. The predicted octanol–water partition coefficient (Wildman–Crippen LogP) is 4.35. The number of fused-ring (bicyclic) bond motifs is 2. The predicted molar refractivity (Wildman–Crippen MR) is 564 cm³/mol. The van der Waals surface area contributed by atoms with Gasteiger partial charge >= 0.3 is 5.97 Å². The van der Waals surface area contributed by atoms with Gasteiger partial charge in [-0.1, -0.05) is 198 Å². The molecule has 26 atom stereocenters. The van der Waals surface area contributed by atoms with Crippen LogP contribution in [0.5, 0.6) is 0 Å². The Balaban J connectivity index is 0.000000391. The highest BCUT2D eigenvalue weighted by atomic mass is 16.5. The van der Waals surface area contributed by atoms with E-state index in [2.05, 4.69) is 84.6 Å². The van der Waals surface area contributed by atoms with Crippen LogP contribution in [0.15, 0.2) is 0 Å². The van der Waals surface area contributed by atoms with Crippen LogP contribution in [0.25, 0.3) is 0 Å². The van der Waals surface area contributed by atoms with Crippen molar-refractivity contribution in [1.29, 1.82) is 0 Å². The van der Waals surface area contributed by atoms with Gasteiger partial charge in [0.25, 0.3) is 0 Å². The average Bonchev–Trinajstić information content (AvgIpc) is 1.64. The molecule has 7 aliphatic rings. The van der Waals surface area contributed by atoms with Crippen molar-refractivity contribution in [3.05, 3.63) is 0 Å². The van der Waals surface area contributed by atoms with Gasteiger partial charge in [-0.25, -0.2) is 0 Å². The zero-order chi connectivity index (χ0) is 110. The van der Waals surface area contributed by atoms with Gasteiger partial charge in [0.05, 0.1) is 61.0 Å². The molecular weight excluding hydrogens is 1900 g/mol. The Bertz CT molecular complexity index is 4120. The number of ether oxygens (including phenoxy) is 4. The van der Waals surface area contributed by atoms with Crippen molar-refractivity contribution in [3.8, 4) is 0 Å². The zero-order valence-corrected chi connectivity index (χ0v) is 92.7. The van der Waals surface area contributed by atoms with E-state index in [1.54, 1.807) is 48.8 Å². The second kappa shape index (κ2) is 67.5. The molecule has 3 heterocycles. The molecule has 41 heteroatoms. The fraction of sp³-hybridized carbons (Fsp3) is 0.850. The molecule has 15 amide bonds. The van der Waals surface area contributed by atoms with Crippen molar-refractivity contribution in [3.63, 3.8) is 0 Å². The Kier molecular flexibility index (Phi) is 59.2. The third kappa shape index (κ3) is 41.6. The van der Waals surface area contributed by atoms with E-state index in [-0.39, 0.29) is 92.6 Å². The molecule has 0 spiro atoms. The number of aliphatic hydroxyl groups excluding tert-OH is 2. The fourth-order valence-electron chi connectivity index (χ4n) is 21.4. The van der Waals surface area contributed by atoms with Crippen LogP contribution in [-0.4, -0.2) is 314 Å². The zero-order valence-electron chi connectivity index (χ0n) is 92.7. The quantitative estimate of drug-likeness (QED) is 0.0314. The van der Waals surface area contributed by atoms with Crippen LogP contribution >= 0.6 is 0 Å². The maximum Gasteiger partial charge on any atom is 0.325 e. The van der Waals surface area contributed by atoms with Gasteiger partial charge in [0.1, 0.15) is 85.2 Å². The third-order valence-electron chi connectivity index (χ3n) is 30.5. The second-order valence-corrected chi connectivity index (χ2v) is 43.8. The monoisotopic (exact) mass is 2100 g/mol. The molecular formula is C107H193N19O22. The molecule has 4 saturated carbocycles. The van der Waals surface area contributed by atoms with E-state index < -0.39 is 222 Å². The van der Waals surface area contributed by atoms with Gasteiger partial charge in [-0.15, -0.1) is 0 Å². The smallest absolute Gasteiger partial charge is 0.325 e. The summed E-state index contributed by atoms with van der Waals surface area (Å²) in [7, 11) is 4.83. The molecule has 0 radical (unpaired) electrons. The number of unbranched alkanes of at least 4 members (excludes halogenated alkanes) is 9. The summed E-state index contributed by atoms with van der Waals surface area (Å²) < 4.78 is 24.4. The van der Waals surface area contributed by atoms with Crippen LogP contribution in [0.3, 0.4) is 0 Å². The van der Waals surface area contributed by atoms with Crippen molar-refractivity contribution >= 4 is 94.6 Å². The standard InChI is InChI=1S/C38H71N7O7.C35H64N6O7.C34H58N6O8/c1-8-9-10-14-18-31-26(5)38(50)45(7)30(21-24(2)3)35(47)44-33(28-16-12-11-13-17-28)37(49)42-29(22-40)34(46)43-32(27(6)51-20-15-19-39)36(48)41-25(4)23-52-31;1-8-9-10-14-17-28-23(5)35(47)41(7)27(18-21(2)3)32(44)40-30(25-15-12-11-13-16-25)34(46)38-26(19-36)31(43)39-29(24(6)42)33(45)37-20-22(4)48-28;1-6-8-9-10-12-26-19(3)34(47)40(5)25(11-7-2)31(44)39-29(23-16-21-13-14-22(23)15-21)33(46)37-24(17-35)30(43)38-28(20(4)41)32(45)36-18-27(42)48-26/h24-33H,8-23,39-40H2,1-7H3,(H,41,48)(H,42,49)(H,43,46)(H,44,47);21-30,42H,8-20,36H2,1-7H3,(H,37,45)(H,38,46)(H,39,43)(H,40,44);19-26,28-29,41H,6-18,35H2,1-5H3,(H,36,45)(H,37,46)(H,38,43)(H,39,44)/t25-,26-,27+,29+,30+,31-,32+,33+;22-,23+,24-,26-,27-,28+,29-,30-;19-,20+,21?,22?,23?,24+,25+,26-,28+,29+/m101/s1. The number of nitrogens with zero attached hydrogens (tertiary/aromatic N) is 3. The van der Waals surface area contributed by atoms with E-state index in [1.165, 1.54) is 28.5 Å². The summed E-state index contributed by atoms with van der Waals surface area (Å²) in [5.41, 5.74) is 23.5. The van der Waals surface area contributed by atoms with Gasteiger partial charge in [-0.3, -0.25) is 76.7 Å². The number of carbonyl (C=O) groups is 16. The van der Waals surface area contributed by atoms with Crippen molar-refractivity contribution < 1.29 is 106 Å². The molecule has 3 aliphatic heterocycles. The summed E-state index contributed by atoms with van der Waals surface area (Å²) in [6, 6.07) is -13.5. The van der Waals surface area contributed by atoms with Crippen LogP contribution in [0.2, 0.25) is 0 Å². The Morgan fingerprint density at radius 1 is 0.385 bits per heavy atom. The summed E-state index contributed by atoms with van der Waals surface area (Å²) >= 11 is 0. The van der Waals surface area contributed by atoms with Crippen molar-refractivity contribution in [1.82, 2.24) is 78.5 Å². The number of cyclic esters (lactones) is 1. The van der Waals surface area contributed by atoms with Crippen LogP contribution in [0.1, 0.15) is 329 Å². The minimum atomic E-state index is -1.46. The maximum atomic E-state index is 14.2. The summed E-state index contributed by atoms with van der Waals surface area (Å²) in [6.07, 6.45) is 22.2. The van der Waals surface area contributed by atoms with E-state index in [4.69, 9.17) is 41.9 Å². The van der Waals surface area contributed by atoms with Crippen molar-refractivity contribution in [2.75, 3.05) is 73.6 Å². The van der Waals surface area contributed by atoms with Crippen molar-refractivity contribution in [2.45, 2.75) is 450 Å². The van der Waals surface area contributed by atoms with Crippen LogP contribution < -0.4 is 86.7 Å². The lowest BCUT2D eigenvalue weighted by Gasteiger charge is -2.36. The molecule has 3 saturated heterocycles. The molecule has 2 bridgehead atoms. The fourth-order valence-corrected chi connectivity index (χ4v) is 21.4. The molecule has 848 valence electrons. The van der Waals surface area contributed by atoms with Gasteiger partial charge < -0.3 is 131 Å². The van der Waals surface area contributed by atoms with Crippen LogP contribution in [0.4, 0.5) is 0 Å². The molecule has 7 rings (SSSR count). The maximum absolute atomic E-state index is 14.2. The average molecular weight is 2100 g/mol. The molecule has 0 aromatic heterocycles. The first kappa shape index (κ1) is 130. The van der Waals surface area contributed by atoms with E-state index in [0.29, 0.717) is 70.3 Å². The van der Waals surface area contributed by atoms with E-state index >= 15 is 0 Å². The number of rotatable bonds is 34. The van der Waals surface area contributed by atoms with Gasteiger partial charge in [0.15, 0.2) is 0 Å². The summed E-state index contributed by atoms with van der Waals surface area (Å²) in [5.74, 6) is -10.4. The molecule has 3 unspecified atom stereocenters. The number of nitrogens with one attached hydrogen (secondary N) is 12. The first-order valence-corrected chi connectivity index (χ1v) is 55.9. The number of carbonyl (C=O) groups excluding carboxylic acids is 16.